The van der Waals surface area contributed by atoms with Gasteiger partial charge in [-0.3, -0.25) is 14.9 Å². The molecule has 10 heteroatoms. The van der Waals surface area contributed by atoms with E-state index in [9.17, 15) is 19.7 Å². The smallest absolute Gasteiger partial charge is 0.338 e. The molecule has 0 aliphatic rings. The molecule has 2 N–H and O–H groups in total. The number of ether oxygens (including phenoxy) is 1. The summed E-state index contributed by atoms with van der Waals surface area (Å²) in [6, 6.07) is 19.8. The summed E-state index contributed by atoms with van der Waals surface area (Å²) in [5.41, 5.74) is 1.77. The van der Waals surface area contributed by atoms with Gasteiger partial charge in [0.1, 0.15) is 5.69 Å². The molecule has 32 heavy (non-hydrogen) atoms. The zero-order chi connectivity index (χ0) is 22.9. The molecule has 0 saturated heterocycles. The molecule has 3 rings (SSSR count). The van der Waals surface area contributed by atoms with Crippen molar-refractivity contribution in [2.75, 3.05) is 24.3 Å². The third-order valence-corrected chi connectivity index (χ3v) is 4.22. The molecule has 0 saturated carbocycles. The highest BCUT2D eigenvalue weighted by Gasteiger charge is 2.18. The van der Waals surface area contributed by atoms with Crippen LogP contribution >= 0.6 is 0 Å². The maximum Gasteiger partial charge on any atom is 0.338 e. The van der Waals surface area contributed by atoms with Gasteiger partial charge in [-0.25, -0.2) is 4.79 Å². The highest BCUT2D eigenvalue weighted by Crippen LogP contribution is 2.25. The first-order valence-electron chi connectivity index (χ1n) is 9.46. The van der Waals surface area contributed by atoms with Gasteiger partial charge in [-0.1, -0.05) is 18.2 Å². The predicted octanol–water partition coefficient (Wildman–Crippen LogP) is 4.85. The van der Waals surface area contributed by atoms with Gasteiger partial charge in [-0.15, -0.1) is 0 Å². The van der Waals surface area contributed by atoms with Crippen LogP contribution < -0.4 is 10.6 Å². The molecule has 3 aromatic carbocycles. The largest absolute Gasteiger partial charge is 0.452 e. The molecule has 0 fully saturated rings. The third kappa shape index (κ3) is 5.95. The third-order valence-electron chi connectivity index (χ3n) is 4.22. The van der Waals surface area contributed by atoms with Crippen LogP contribution in [0.15, 0.2) is 83.0 Å². The van der Waals surface area contributed by atoms with Gasteiger partial charge in [0.15, 0.2) is 6.61 Å². The van der Waals surface area contributed by atoms with Crippen molar-refractivity contribution in [3.05, 3.63) is 88.5 Å². The van der Waals surface area contributed by atoms with Gasteiger partial charge in [-0.05, 0) is 48.5 Å². The van der Waals surface area contributed by atoms with Crippen LogP contribution in [0.25, 0.3) is 0 Å². The number of nitro benzene ring substituents is 1. The Bertz CT molecular complexity index is 1150. The number of esters is 1. The molecule has 0 bridgehead atoms. The second-order valence-electron chi connectivity index (χ2n) is 6.45. The molecular formula is C22H19N5O5. The number of hydrogen-bond donors (Lipinski definition) is 2. The lowest BCUT2D eigenvalue weighted by atomic mass is 10.1. The van der Waals surface area contributed by atoms with Crippen LogP contribution in [0.4, 0.5) is 28.4 Å². The molecule has 0 spiro atoms. The topological polar surface area (TPSA) is 135 Å². The Hall–Kier alpha value is -4.60. The lowest BCUT2D eigenvalue weighted by molar-refractivity contribution is -0.384. The number of nitrogens with zero attached hydrogens (tertiary/aromatic N) is 3. The minimum absolute atomic E-state index is 0.0309. The number of azo groups is 1. The van der Waals surface area contributed by atoms with Gasteiger partial charge in [0.05, 0.1) is 21.9 Å². The molecule has 1 amide bonds. The monoisotopic (exact) mass is 433 g/mol. The van der Waals surface area contributed by atoms with Crippen molar-refractivity contribution in [2.45, 2.75) is 0 Å². The zero-order valence-corrected chi connectivity index (χ0v) is 17.0. The fraction of sp³-hybridized carbons (Fsp3) is 0.0909. The van der Waals surface area contributed by atoms with E-state index in [1.54, 1.807) is 24.3 Å². The fourth-order valence-corrected chi connectivity index (χ4v) is 2.65. The quantitative estimate of drug-likeness (QED) is 0.226. The van der Waals surface area contributed by atoms with Crippen LogP contribution in [0, 0.1) is 10.1 Å². The van der Waals surface area contributed by atoms with Crippen molar-refractivity contribution in [1.29, 1.82) is 0 Å². The van der Waals surface area contributed by atoms with Crippen molar-refractivity contribution in [3.63, 3.8) is 0 Å². The molecule has 162 valence electrons. The number of carbonyl (C=O) groups excluding carboxylic acids is 2. The summed E-state index contributed by atoms with van der Waals surface area (Å²) >= 11 is 0. The summed E-state index contributed by atoms with van der Waals surface area (Å²) in [5.74, 6) is -1.40. The van der Waals surface area contributed by atoms with Gasteiger partial charge in [0, 0.05) is 18.8 Å². The number of nitrogens with one attached hydrogen (secondary N) is 2. The van der Waals surface area contributed by atoms with E-state index in [0.717, 1.165) is 11.8 Å². The summed E-state index contributed by atoms with van der Waals surface area (Å²) in [5, 5.41) is 24.6. The summed E-state index contributed by atoms with van der Waals surface area (Å²) in [7, 11) is 1.53. The number of hydrogen-bond acceptors (Lipinski definition) is 8. The molecule has 3 aromatic rings. The average Bonchev–Trinajstić information content (AvgIpc) is 2.82. The van der Waals surface area contributed by atoms with Gasteiger partial charge >= 0.3 is 5.97 Å². The normalized spacial score (nSPS) is 10.5. The average molecular weight is 433 g/mol. The van der Waals surface area contributed by atoms with Crippen LogP contribution in [0.1, 0.15) is 10.4 Å². The maximum atomic E-state index is 12.1. The Morgan fingerprint density at radius 3 is 2.25 bits per heavy atom. The SMILES string of the molecule is CNc1ccc(C(=O)OCC(=O)Nc2ccc(N=Nc3ccccc3)cc2)cc1[N+](=O)[O-]. The molecule has 0 atom stereocenters. The van der Waals surface area contributed by atoms with E-state index in [-0.39, 0.29) is 16.9 Å². The second-order valence-corrected chi connectivity index (χ2v) is 6.45. The Balaban J connectivity index is 1.53. The number of nitro groups is 1. The van der Waals surface area contributed by atoms with Crippen molar-refractivity contribution in [2.24, 2.45) is 10.2 Å². The van der Waals surface area contributed by atoms with Crippen LogP contribution in [-0.2, 0) is 9.53 Å². The molecule has 0 aliphatic heterocycles. The maximum absolute atomic E-state index is 12.1. The standard InChI is InChI=1S/C22H19N5O5/c1-23-19-12-7-15(13-20(19)27(30)31)22(29)32-14-21(28)24-16-8-10-18(11-9-16)26-25-17-5-3-2-4-6-17/h2-13,23H,14H2,1H3,(H,24,28). The van der Waals surface area contributed by atoms with E-state index in [1.165, 1.54) is 19.2 Å². The van der Waals surface area contributed by atoms with Gasteiger partial charge in [-0.2, -0.15) is 10.2 Å². The molecule has 0 aromatic heterocycles. The highest BCUT2D eigenvalue weighted by molar-refractivity contribution is 5.96. The molecule has 0 unspecified atom stereocenters. The van der Waals surface area contributed by atoms with E-state index in [1.807, 2.05) is 30.3 Å². The molecule has 10 nitrogen and oxygen atoms in total. The Morgan fingerprint density at radius 2 is 1.62 bits per heavy atom. The highest BCUT2D eigenvalue weighted by atomic mass is 16.6. The molecular weight excluding hydrogens is 414 g/mol. The zero-order valence-electron chi connectivity index (χ0n) is 17.0. The van der Waals surface area contributed by atoms with Crippen molar-refractivity contribution in [3.8, 4) is 0 Å². The predicted molar refractivity (Wildman–Crippen MR) is 119 cm³/mol. The van der Waals surface area contributed by atoms with Crippen molar-refractivity contribution in [1.82, 2.24) is 0 Å². The molecule has 0 radical (unpaired) electrons. The fourth-order valence-electron chi connectivity index (χ4n) is 2.65. The van der Waals surface area contributed by atoms with Crippen LogP contribution in [0.2, 0.25) is 0 Å². The first-order chi connectivity index (χ1) is 15.5. The summed E-state index contributed by atoms with van der Waals surface area (Å²) in [4.78, 5) is 34.7. The van der Waals surface area contributed by atoms with Crippen molar-refractivity contribution < 1.29 is 19.2 Å². The van der Waals surface area contributed by atoms with Gasteiger partial charge < -0.3 is 15.4 Å². The van der Waals surface area contributed by atoms with Gasteiger partial charge in [0.2, 0.25) is 0 Å². The second kappa shape index (κ2) is 10.4. The number of amides is 1. The number of benzene rings is 3. The Kier molecular flexibility index (Phi) is 7.20. The van der Waals surface area contributed by atoms with Crippen LogP contribution in [-0.4, -0.2) is 30.5 Å². The number of rotatable bonds is 8. The van der Waals surface area contributed by atoms with E-state index >= 15 is 0 Å². The van der Waals surface area contributed by atoms with Gasteiger partial charge in [0.25, 0.3) is 11.6 Å². The summed E-state index contributed by atoms with van der Waals surface area (Å²) in [6.45, 7) is -0.546. The lowest BCUT2D eigenvalue weighted by Gasteiger charge is -2.08. The minimum atomic E-state index is -0.845. The Labute approximate surface area is 183 Å². The number of carbonyl (C=O) groups is 2. The molecule has 0 aliphatic carbocycles. The lowest BCUT2D eigenvalue weighted by Crippen LogP contribution is -2.21. The summed E-state index contributed by atoms with van der Waals surface area (Å²) in [6.07, 6.45) is 0. The Morgan fingerprint density at radius 1 is 0.969 bits per heavy atom. The first kappa shape index (κ1) is 22.1. The molecule has 0 heterocycles. The van der Waals surface area contributed by atoms with E-state index < -0.39 is 23.4 Å². The van der Waals surface area contributed by atoms with Crippen molar-refractivity contribution >= 4 is 40.3 Å². The number of anilines is 2. The first-order valence-corrected chi connectivity index (χ1v) is 9.46. The van der Waals surface area contributed by atoms with E-state index in [0.29, 0.717) is 11.4 Å². The summed E-state index contributed by atoms with van der Waals surface area (Å²) < 4.78 is 4.95. The van der Waals surface area contributed by atoms with Crippen LogP contribution in [0.5, 0.6) is 0 Å². The van der Waals surface area contributed by atoms with Crippen LogP contribution in [0.3, 0.4) is 0 Å². The van der Waals surface area contributed by atoms with E-state index in [4.69, 9.17) is 4.74 Å². The van der Waals surface area contributed by atoms with E-state index in [2.05, 4.69) is 20.9 Å². The minimum Gasteiger partial charge on any atom is -0.452 e.